The van der Waals surface area contributed by atoms with E-state index in [4.69, 9.17) is 0 Å². The van der Waals surface area contributed by atoms with E-state index in [0.29, 0.717) is 0 Å². The lowest BCUT2D eigenvalue weighted by Crippen LogP contribution is -2.75. The van der Waals surface area contributed by atoms with E-state index in [9.17, 15) is 0 Å². The first kappa shape index (κ1) is 32.8. The molecule has 0 nitrogen and oxygen atoms in total. The molecule has 15 aliphatic carbocycles. The summed E-state index contributed by atoms with van der Waals surface area (Å²) in [7, 11) is 0. The maximum Gasteiger partial charge on any atom is -0.0168 e. The van der Waals surface area contributed by atoms with E-state index in [1.54, 1.807) is 167 Å². The maximum absolute atomic E-state index is 1.82. The lowest BCUT2D eigenvalue weighted by Gasteiger charge is -2.79. The van der Waals surface area contributed by atoms with Crippen molar-refractivity contribution in [2.45, 2.75) is 173 Å². The fourth-order valence-electron chi connectivity index (χ4n) is 26.5. The number of hydrogen-bond acceptors (Lipinski definition) is 0. The summed E-state index contributed by atoms with van der Waals surface area (Å²) in [4.78, 5) is 0. The van der Waals surface area contributed by atoms with E-state index in [1.165, 1.54) is 142 Å². The zero-order valence-electron chi connectivity index (χ0n) is 34.6. The molecule has 15 aliphatic rings. The van der Waals surface area contributed by atoms with Gasteiger partial charge in [0.2, 0.25) is 0 Å². The van der Waals surface area contributed by atoms with Crippen LogP contribution in [0, 0.1) is 159 Å². The molecule has 15 rings (SSSR count). The normalized spacial score (nSPS) is 67.6. The Bertz CT molecular complexity index is 1400. The monoisotopic (exact) mass is 729 g/mol. The molecule has 26 atom stereocenters. The lowest BCUT2D eigenvalue weighted by atomic mass is 9.25. The Labute approximate surface area is 331 Å². The molecule has 0 N–H and O–H groups in total. The minimum Gasteiger partial charge on any atom is -0.0530 e. The first-order chi connectivity index (χ1) is 26.8. The summed E-state index contributed by atoms with van der Waals surface area (Å²) >= 11 is 0. The molecule has 0 aromatic carbocycles. The van der Waals surface area contributed by atoms with Gasteiger partial charge in [-0.1, -0.05) is 89.9 Å². The topological polar surface area (TPSA) is 0 Å². The molecule has 0 saturated heterocycles. The van der Waals surface area contributed by atoms with Gasteiger partial charge in [-0.2, -0.15) is 0 Å². The van der Waals surface area contributed by atoms with Gasteiger partial charge >= 0.3 is 0 Å². The Hall–Kier alpha value is 0. The third-order valence-corrected chi connectivity index (χ3v) is 25.9. The van der Waals surface area contributed by atoms with E-state index in [2.05, 4.69) is 0 Å². The van der Waals surface area contributed by atoms with Crippen molar-refractivity contribution in [2.75, 3.05) is 0 Å². The van der Waals surface area contributed by atoms with E-state index in [0.717, 1.165) is 17.3 Å². The maximum atomic E-state index is 1.82. The molecule has 0 aromatic heterocycles. The van der Waals surface area contributed by atoms with Crippen molar-refractivity contribution in [2.24, 2.45) is 159 Å². The zero-order chi connectivity index (χ0) is 34.6. The van der Waals surface area contributed by atoms with Crippen molar-refractivity contribution in [3.8, 4) is 0 Å². The molecule has 15 saturated carbocycles. The first-order valence-corrected chi connectivity index (χ1v) is 26.8. The molecule has 54 heavy (non-hydrogen) atoms. The molecule has 0 bridgehead atoms. The number of hydrogen-bond donors (Lipinski definition) is 0. The van der Waals surface area contributed by atoms with Crippen LogP contribution < -0.4 is 0 Å². The lowest BCUT2D eigenvalue weighted by molar-refractivity contribution is -0.323. The van der Waals surface area contributed by atoms with Crippen LogP contribution >= 0.6 is 0 Å². The molecule has 0 radical (unpaired) electrons. The van der Waals surface area contributed by atoms with E-state index >= 15 is 0 Å². The van der Waals surface area contributed by atoms with Crippen molar-refractivity contribution in [1.29, 1.82) is 0 Å². The fourth-order valence-corrected chi connectivity index (χ4v) is 26.5. The second-order valence-corrected chi connectivity index (χ2v) is 25.8. The summed E-state index contributed by atoms with van der Waals surface area (Å²) in [6.07, 6.45) is 44.9. The highest BCUT2D eigenvalue weighted by atomic mass is 14.9. The fraction of sp³-hybridized carbons (Fsp3) is 1.00. The van der Waals surface area contributed by atoms with Crippen LogP contribution in [0.1, 0.15) is 173 Å². The van der Waals surface area contributed by atoms with Gasteiger partial charge in [0, 0.05) is 0 Å². The molecule has 0 heterocycles. The van der Waals surface area contributed by atoms with Crippen LogP contribution in [0.3, 0.4) is 0 Å². The Morgan fingerprint density at radius 1 is 0.222 bits per heavy atom. The summed E-state index contributed by atoms with van der Waals surface area (Å²) in [6.45, 7) is 0. The van der Waals surface area contributed by atoms with Crippen LogP contribution in [0.4, 0.5) is 0 Å². The molecule has 0 aliphatic heterocycles. The molecular formula is C54H80. The standard InChI is InChI=1S/C54H80/c1-3-15-30-28(13-1)25-38-44(30)40-27-41-45-31-16-4-2-14-29(31)26-39(45)49-35-20-8-6-18-33(35)47-37-22-10-12-24-43(37)54(53(41)51(47)49)42-23-11-9-21-36(42)46-32-17-5-7-19-34(32)48(38)50(46)52(40)54/h28-53H,1-27H2. The summed E-state index contributed by atoms with van der Waals surface area (Å²) in [5.74, 6) is 30.7. The molecule has 296 valence electrons. The van der Waals surface area contributed by atoms with Gasteiger partial charge in [0.1, 0.15) is 0 Å². The van der Waals surface area contributed by atoms with Gasteiger partial charge in [-0.3, -0.25) is 0 Å². The molecule has 26 unspecified atom stereocenters. The molecule has 0 heteroatoms. The third kappa shape index (κ3) is 3.75. The second-order valence-electron chi connectivity index (χ2n) is 25.8. The van der Waals surface area contributed by atoms with Gasteiger partial charge in [0.25, 0.3) is 0 Å². The van der Waals surface area contributed by atoms with Gasteiger partial charge in [-0.15, -0.1) is 0 Å². The highest BCUT2D eigenvalue weighted by Crippen LogP contribution is 2.88. The van der Waals surface area contributed by atoms with Crippen molar-refractivity contribution >= 4 is 0 Å². The predicted octanol–water partition coefficient (Wildman–Crippen LogP) is 13.7. The zero-order valence-corrected chi connectivity index (χ0v) is 34.6. The number of rotatable bonds is 0. The number of fused-ring (bicyclic) bond motifs is 20. The average molecular weight is 729 g/mol. The van der Waals surface area contributed by atoms with Crippen LogP contribution in [0.25, 0.3) is 0 Å². The van der Waals surface area contributed by atoms with Gasteiger partial charge in [-0.25, -0.2) is 0 Å². The SMILES string of the molecule is C1CCC2C(C1)CC1C2C2CC3C4C5CCCCC5CC4C4C5CCCCC5C5C6CCCCC6C6(C7CCCCC7C7C8CCCCC8C1C7C26)C3C45. The van der Waals surface area contributed by atoms with E-state index in [-0.39, 0.29) is 0 Å². The smallest absolute Gasteiger partial charge is 0.0168 e. The first-order valence-electron chi connectivity index (χ1n) is 26.8. The Morgan fingerprint density at radius 2 is 0.556 bits per heavy atom. The van der Waals surface area contributed by atoms with Crippen LogP contribution in [-0.4, -0.2) is 0 Å². The molecule has 0 aromatic rings. The summed E-state index contributed by atoms with van der Waals surface area (Å²) in [6, 6.07) is 0. The molecular weight excluding hydrogens is 649 g/mol. The highest BCUT2D eigenvalue weighted by molar-refractivity contribution is 5.30. The van der Waals surface area contributed by atoms with Crippen molar-refractivity contribution in [1.82, 2.24) is 0 Å². The average Bonchev–Trinajstić information content (AvgIpc) is 3.98. The van der Waals surface area contributed by atoms with Gasteiger partial charge in [-0.05, 0) is 243 Å². The van der Waals surface area contributed by atoms with Crippen LogP contribution in [-0.2, 0) is 0 Å². The van der Waals surface area contributed by atoms with Crippen molar-refractivity contribution in [3.63, 3.8) is 0 Å². The summed E-state index contributed by atoms with van der Waals surface area (Å²) in [5.41, 5.74) is 0.791. The molecule has 1 spiro atoms. The Balaban J connectivity index is 1.00. The van der Waals surface area contributed by atoms with Crippen molar-refractivity contribution in [3.05, 3.63) is 0 Å². The predicted molar refractivity (Wildman–Crippen MR) is 218 cm³/mol. The van der Waals surface area contributed by atoms with E-state index < -0.39 is 0 Å². The Kier molecular flexibility index (Phi) is 7.07. The van der Waals surface area contributed by atoms with Crippen molar-refractivity contribution < 1.29 is 0 Å². The highest BCUT2D eigenvalue weighted by Gasteiger charge is 2.83. The molecule has 0 amide bonds. The minimum atomic E-state index is 0.791. The molecule has 15 fully saturated rings. The van der Waals surface area contributed by atoms with Crippen LogP contribution in [0.15, 0.2) is 0 Å². The summed E-state index contributed by atoms with van der Waals surface area (Å²) in [5, 5.41) is 0. The van der Waals surface area contributed by atoms with Gasteiger partial charge in [0.15, 0.2) is 0 Å². The third-order valence-electron chi connectivity index (χ3n) is 25.9. The van der Waals surface area contributed by atoms with Crippen LogP contribution in [0.5, 0.6) is 0 Å². The minimum absolute atomic E-state index is 0.791. The Morgan fingerprint density at radius 3 is 0.981 bits per heavy atom. The second kappa shape index (κ2) is 11.6. The van der Waals surface area contributed by atoms with E-state index in [1.807, 2.05) is 6.42 Å². The van der Waals surface area contributed by atoms with Gasteiger partial charge in [0.05, 0.1) is 0 Å². The van der Waals surface area contributed by atoms with Gasteiger partial charge < -0.3 is 0 Å². The largest absolute Gasteiger partial charge is 0.0530 e. The quantitative estimate of drug-likeness (QED) is 0.233. The van der Waals surface area contributed by atoms with Crippen LogP contribution in [0.2, 0.25) is 0 Å². The summed E-state index contributed by atoms with van der Waals surface area (Å²) < 4.78 is 0.